The van der Waals surface area contributed by atoms with Gasteiger partial charge in [0.05, 0.1) is 0 Å². The summed E-state index contributed by atoms with van der Waals surface area (Å²) >= 11 is 0. The summed E-state index contributed by atoms with van der Waals surface area (Å²) < 4.78 is 1.62. The molecule has 0 amide bonds. The molecule has 1 aliphatic rings. The molecule has 1 aliphatic heterocycles. The molecule has 3 heteroatoms. The van der Waals surface area contributed by atoms with Crippen LogP contribution in [0.2, 0.25) is 0 Å². The van der Waals surface area contributed by atoms with Gasteiger partial charge in [-0.1, -0.05) is 153 Å². The Balaban J connectivity index is 0.000000840. The quantitative estimate of drug-likeness (QED) is 0.0198. The Kier molecular flexibility index (Phi) is 30.9. The van der Waals surface area contributed by atoms with E-state index in [1.807, 2.05) is 60.7 Å². The van der Waals surface area contributed by atoms with E-state index in [1.165, 1.54) is 117 Å². The minimum atomic E-state index is 0. The molecule has 0 aromatic heterocycles. The molecule has 0 unspecified atom stereocenters. The monoisotopic (exact) mass is 861 g/mol. The molecule has 0 N–H and O–H groups in total. The molecule has 4 aromatic rings. The van der Waals surface area contributed by atoms with Gasteiger partial charge in [0.1, 0.15) is 0 Å². The van der Waals surface area contributed by atoms with E-state index in [-0.39, 0.29) is 16.5 Å². The standard InChI is InChI=1S/C46H68N2.2C6H5.Ni/c1-5-9-13-16-18-20-22-24-31-39-33-27-29-36-41(39)45-43(35-12-8-4)44(38-26-15-11-7-3)46(48(45)47)42-37-30-28-34-40(42)32-25-23-21-19-17-14-10-6-2;2*1-2-4-6-5-3-1;/h20-23,27-30,33-34,36-37H,5-19,24-26,31-32,35,38H2,1-4H3;2*1-5H;/q;2*-1;+2. The Morgan fingerprint density at radius 3 is 1.16 bits per heavy atom. The van der Waals surface area contributed by atoms with Crippen LogP contribution in [0.5, 0.6) is 0 Å². The molecule has 0 fully saturated rings. The van der Waals surface area contributed by atoms with Gasteiger partial charge in [-0.15, -0.1) is 0 Å². The Bertz CT molecular complexity index is 1730. The second-order valence-corrected chi connectivity index (χ2v) is 16.1. The molecule has 5 rings (SSSR count). The number of hydrogen-bond acceptors (Lipinski definition) is 0. The molecule has 2 nitrogen and oxygen atoms in total. The van der Waals surface area contributed by atoms with E-state index in [2.05, 4.69) is 113 Å². The number of benzene rings is 4. The zero-order valence-electron chi connectivity index (χ0n) is 38.5. The predicted octanol–water partition coefficient (Wildman–Crippen LogP) is 17.9. The second-order valence-electron chi connectivity index (χ2n) is 16.1. The Labute approximate surface area is 384 Å². The maximum atomic E-state index is 12.4. The fraction of sp³-hybridized carbons (Fsp3) is 0.448. The van der Waals surface area contributed by atoms with Gasteiger partial charge in [-0.05, 0) is 100 Å². The molecule has 0 saturated carbocycles. The SMILES string of the molecule is CCCCCCC=CCCc1ccccc1C1=C(CCCC)C(CCCCCC)=C(c2ccccc2CCC=CCCCCCC)[N+]1=[N-].[Ni+2].[c-]1ccccc1.[c-]1ccccc1. The van der Waals surface area contributed by atoms with Crippen LogP contribution in [0.15, 0.2) is 145 Å². The van der Waals surface area contributed by atoms with E-state index in [4.69, 9.17) is 0 Å². The summed E-state index contributed by atoms with van der Waals surface area (Å²) in [6.45, 7) is 9.12. The summed E-state index contributed by atoms with van der Waals surface area (Å²) in [4.78, 5) is 0. The third-order valence-electron chi connectivity index (χ3n) is 11.1. The Morgan fingerprint density at radius 1 is 0.410 bits per heavy atom. The molecule has 0 atom stereocenters. The fourth-order valence-corrected chi connectivity index (χ4v) is 7.78. The molecule has 0 bridgehead atoms. The summed E-state index contributed by atoms with van der Waals surface area (Å²) in [5, 5.41) is 0. The van der Waals surface area contributed by atoms with Crippen LogP contribution >= 0.6 is 0 Å². The molecule has 61 heavy (non-hydrogen) atoms. The average Bonchev–Trinajstić information content (AvgIpc) is 3.57. The first kappa shape index (κ1) is 53.1. The molecule has 0 radical (unpaired) electrons. The van der Waals surface area contributed by atoms with Gasteiger partial charge in [-0.3, -0.25) is 0 Å². The zero-order chi connectivity index (χ0) is 42.7. The second kappa shape index (κ2) is 35.5. The van der Waals surface area contributed by atoms with Crippen molar-refractivity contribution in [2.75, 3.05) is 0 Å². The first-order chi connectivity index (χ1) is 29.7. The van der Waals surface area contributed by atoms with Crippen molar-refractivity contribution >= 4 is 11.4 Å². The number of nitrogens with zero attached hydrogens (tertiary/aromatic N) is 2. The number of unbranched alkanes of at least 4 members (excludes halogenated alkanes) is 12. The van der Waals surface area contributed by atoms with Gasteiger partial charge in [0.25, 0.3) is 0 Å². The summed E-state index contributed by atoms with van der Waals surface area (Å²) in [5.74, 6) is 0. The van der Waals surface area contributed by atoms with Crippen LogP contribution in [0.3, 0.4) is 0 Å². The predicted molar refractivity (Wildman–Crippen MR) is 262 cm³/mol. The topological polar surface area (TPSA) is 25.3 Å². The van der Waals surface area contributed by atoms with Crippen LogP contribution in [0.4, 0.5) is 0 Å². The third kappa shape index (κ3) is 21.0. The maximum absolute atomic E-state index is 12.4. The van der Waals surface area contributed by atoms with Gasteiger partial charge in [-0.2, -0.15) is 72.8 Å². The largest absolute Gasteiger partial charge is 2.00 e. The summed E-state index contributed by atoms with van der Waals surface area (Å²) in [6, 6.07) is 42.7. The molecular formula is C58H78N2Ni. The van der Waals surface area contributed by atoms with Gasteiger partial charge in [0, 0.05) is 22.3 Å². The van der Waals surface area contributed by atoms with E-state index in [0.717, 1.165) is 69.2 Å². The fourth-order valence-electron chi connectivity index (χ4n) is 7.78. The first-order valence-corrected chi connectivity index (χ1v) is 23.9. The number of rotatable bonds is 26. The smallest absolute Gasteiger partial charge is 0.493 e. The Morgan fingerprint density at radius 2 is 0.787 bits per heavy atom. The number of hydrogen-bond donors (Lipinski definition) is 0. The van der Waals surface area contributed by atoms with E-state index >= 15 is 0 Å². The van der Waals surface area contributed by atoms with Gasteiger partial charge >= 0.3 is 16.5 Å². The first-order valence-electron chi connectivity index (χ1n) is 23.9. The average molecular weight is 862 g/mol. The van der Waals surface area contributed by atoms with Crippen molar-refractivity contribution in [3.8, 4) is 0 Å². The van der Waals surface area contributed by atoms with Gasteiger partial charge in [0.15, 0.2) is 0 Å². The molecule has 0 aliphatic carbocycles. The molecule has 1 heterocycles. The van der Waals surface area contributed by atoms with Crippen LogP contribution in [0.25, 0.3) is 16.9 Å². The molecule has 0 saturated heterocycles. The van der Waals surface area contributed by atoms with E-state index in [1.54, 1.807) is 4.70 Å². The minimum absolute atomic E-state index is 0. The molecule has 330 valence electrons. The Hall–Kier alpha value is -4.07. The van der Waals surface area contributed by atoms with E-state index in [0.29, 0.717) is 0 Å². The van der Waals surface area contributed by atoms with Crippen LogP contribution in [-0.2, 0) is 29.3 Å². The molecule has 4 aromatic carbocycles. The normalized spacial score (nSPS) is 12.4. The summed E-state index contributed by atoms with van der Waals surface area (Å²) in [5.41, 5.74) is 22.2. The zero-order valence-corrected chi connectivity index (χ0v) is 39.5. The van der Waals surface area contributed by atoms with Crippen LogP contribution < -0.4 is 0 Å². The van der Waals surface area contributed by atoms with Crippen molar-refractivity contribution in [2.24, 2.45) is 0 Å². The molecule has 0 spiro atoms. The maximum Gasteiger partial charge on any atom is 2.00 e. The van der Waals surface area contributed by atoms with Gasteiger partial charge in [0.2, 0.25) is 11.4 Å². The van der Waals surface area contributed by atoms with Crippen molar-refractivity contribution in [3.05, 3.63) is 185 Å². The van der Waals surface area contributed by atoms with Crippen molar-refractivity contribution in [2.45, 2.75) is 169 Å². The van der Waals surface area contributed by atoms with Crippen LogP contribution in [0.1, 0.15) is 178 Å². The minimum Gasteiger partial charge on any atom is -0.493 e. The van der Waals surface area contributed by atoms with Gasteiger partial charge in [-0.25, -0.2) is 4.70 Å². The summed E-state index contributed by atoms with van der Waals surface area (Å²) in [6.07, 6.45) is 35.6. The van der Waals surface area contributed by atoms with Crippen molar-refractivity contribution in [1.82, 2.24) is 0 Å². The van der Waals surface area contributed by atoms with Gasteiger partial charge < -0.3 is 5.53 Å². The third-order valence-corrected chi connectivity index (χ3v) is 11.1. The number of aryl methyl sites for hydroxylation is 2. The summed E-state index contributed by atoms with van der Waals surface area (Å²) in [7, 11) is 0. The van der Waals surface area contributed by atoms with Crippen molar-refractivity contribution in [1.29, 1.82) is 0 Å². The van der Waals surface area contributed by atoms with Crippen LogP contribution in [-0.4, -0.2) is 4.70 Å². The van der Waals surface area contributed by atoms with Crippen molar-refractivity contribution < 1.29 is 21.2 Å². The van der Waals surface area contributed by atoms with Crippen molar-refractivity contribution in [3.63, 3.8) is 0 Å². The number of allylic oxidation sites excluding steroid dienone is 6. The molecular weight excluding hydrogens is 783 g/mol. The van der Waals surface area contributed by atoms with Crippen LogP contribution in [0, 0.1) is 12.1 Å². The van der Waals surface area contributed by atoms with E-state index < -0.39 is 0 Å². The van der Waals surface area contributed by atoms with E-state index in [9.17, 15) is 5.53 Å².